The zero-order chi connectivity index (χ0) is 25.3. The van der Waals surface area contributed by atoms with Gasteiger partial charge in [0.2, 0.25) is 0 Å². The second-order valence-corrected chi connectivity index (χ2v) is 9.79. The molecule has 35 heavy (non-hydrogen) atoms. The summed E-state index contributed by atoms with van der Waals surface area (Å²) in [6, 6.07) is 11.4. The number of aromatic nitrogens is 1. The Hall–Kier alpha value is -3.82. The number of carbonyl (C=O) groups excluding carboxylic acids is 2. The number of rotatable bonds is 4. The van der Waals surface area contributed by atoms with E-state index in [0.717, 1.165) is 27.8 Å². The van der Waals surface area contributed by atoms with E-state index >= 15 is 0 Å². The van der Waals surface area contributed by atoms with E-state index in [0.29, 0.717) is 35.6 Å². The van der Waals surface area contributed by atoms with E-state index in [1.54, 1.807) is 17.7 Å². The van der Waals surface area contributed by atoms with Crippen molar-refractivity contribution >= 4 is 17.5 Å². The van der Waals surface area contributed by atoms with Gasteiger partial charge in [0.05, 0.1) is 0 Å². The second kappa shape index (κ2) is 9.44. The maximum atomic E-state index is 13.5. The minimum absolute atomic E-state index is 0.0808. The fourth-order valence-corrected chi connectivity index (χ4v) is 4.51. The average Bonchev–Trinajstić information content (AvgIpc) is 3.22. The highest BCUT2D eigenvalue weighted by Gasteiger charge is 2.25. The van der Waals surface area contributed by atoms with Gasteiger partial charge < -0.3 is 15.2 Å². The van der Waals surface area contributed by atoms with Crippen molar-refractivity contribution in [1.82, 2.24) is 15.3 Å². The van der Waals surface area contributed by atoms with Crippen molar-refractivity contribution in [2.24, 2.45) is 18.1 Å². The molecule has 9 heteroatoms. The number of anilines is 1. The molecule has 0 saturated carbocycles. The zero-order valence-electron chi connectivity index (χ0n) is 20.4. The zero-order valence-corrected chi connectivity index (χ0v) is 20.4. The van der Waals surface area contributed by atoms with E-state index in [9.17, 15) is 14.5 Å². The molecule has 0 unspecified atom stereocenters. The average molecular weight is 475 g/mol. The van der Waals surface area contributed by atoms with Crippen molar-refractivity contribution < 1.29 is 9.59 Å². The lowest BCUT2D eigenvalue weighted by atomic mass is 9.83. The van der Waals surface area contributed by atoms with E-state index in [2.05, 4.69) is 42.0 Å². The number of nitrogens with zero attached hydrogens (tertiary/aromatic N) is 2. The van der Waals surface area contributed by atoms with Crippen molar-refractivity contribution in [3.63, 3.8) is 0 Å². The molecule has 0 spiro atoms. The van der Waals surface area contributed by atoms with Crippen LogP contribution in [0.2, 0.25) is 0 Å². The quantitative estimate of drug-likeness (QED) is 0.198. The number of fused-ring (bicyclic) bond motifs is 2. The van der Waals surface area contributed by atoms with Gasteiger partial charge in [-0.15, -0.1) is 0 Å². The highest BCUT2D eigenvalue weighted by molar-refractivity contribution is 6.07. The van der Waals surface area contributed by atoms with Crippen LogP contribution in [0, 0.1) is 4.91 Å². The first-order chi connectivity index (χ1) is 16.6. The standard InChI is InChI=1S/C26H30N6O3/c1-26(2,3)18-8-15-11-28-13-20-19(17-10-22(24(33)31-27)32(4)14-17)6-5-7-21(20)30-25(34)23(15)16(9-18)12-29-35/h5-10,14,28H,11-13,27H2,1-4H3,(H,30,34)(H,31,33). The van der Waals surface area contributed by atoms with Crippen LogP contribution < -0.4 is 21.9 Å². The van der Waals surface area contributed by atoms with Crippen molar-refractivity contribution in [1.29, 1.82) is 0 Å². The van der Waals surface area contributed by atoms with Gasteiger partial charge in [-0.3, -0.25) is 15.0 Å². The number of nitroso groups, excluding NO2 is 1. The topological polar surface area (TPSA) is 131 Å². The summed E-state index contributed by atoms with van der Waals surface area (Å²) in [5.74, 6) is 4.65. The molecule has 0 aliphatic carbocycles. The number of hydrazine groups is 1. The Labute approximate surface area is 204 Å². The van der Waals surface area contributed by atoms with Crippen LogP contribution in [0.15, 0.2) is 47.8 Å². The fourth-order valence-electron chi connectivity index (χ4n) is 4.51. The van der Waals surface area contributed by atoms with Crippen LogP contribution in [0.4, 0.5) is 5.69 Å². The first-order valence-electron chi connectivity index (χ1n) is 11.4. The Bertz CT molecular complexity index is 1320. The number of nitrogens with one attached hydrogen (secondary N) is 3. The molecule has 0 fully saturated rings. The van der Waals surface area contributed by atoms with Gasteiger partial charge in [0.1, 0.15) is 12.2 Å². The van der Waals surface area contributed by atoms with E-state index in [-0.39, 0.29) is 23.8 Å². The summed E-state index contributed by atoms with van der Waals surface area (Å²) in [7, 11) is 1.78. The van der Waals surface area contributed by atoms with Gasteiger partial charge in [0.15, 0.2) is 0 Å². The third-order valence-electron chi connectivity index (χ3n) is 6.35. The number of nitrogens with two attached hydrogens (primary N) is 1. The van der Waals surface area contributed by atoms with Crippen molar-refractivity contribution in [3.8, 4) is 11.1 Å². The molecule has 1 aliphatic heterocycles. The summed E-state index contributed by atoms with van der Waals surface area (Å²) in [6.07, 6.45) is 1.85. The van der Waals surface area contributed by atoms with Gasteiger partial charge in [0, 0.05) is 43.1 Å². The lowest BCUT2D eigenvalue weighted by Crippen LogP contribution is -2.31. The third-order valence-corrected chi connectivity index (χ3v) is 6.35. The van der Waals surface area contributed by atoms with Gasteiger partial charge in [-0.25, -0.2) is 5.84 Å². The van der Waals surface area contributed by atoms with Crippen LogP contribution in [0.1, 0.15) is 63.9 Å². The normalized spacial score (nSPS) is 13.6. The molecule has 9 nitrogen and oxygen atoms in total. The highest BCUT2D eigenvalue weighted by atomic mass is 16.3. The van der Waals surface area contributed by atoms with E-state index < -0.39 is 0 Å². The number of carbonyl (C=O) groups is 2. The lowest BCUT2D eigenvalue weighted by Gasteiger charge is -2.23. The van der Waals surface area contributed by atoms with Crippen LogP contribution in [0.25, 0.3) is 11.1 Å². The molecule has 1 aliphatic rings. The van der Waals surface area contributed by atoms with Crippen molar-refractivity contribution in [3.05, 3.63) is 81.0 Å². The van der Waals surface area contributed by atoms with Crippen molar-refractivity contribution in [2.75, 3.05) is 5.32 Å². The number of hydrogen-bond acceptors (Lipinski definition) is 6. The molecule has 0 saturated heterocycles. The van der Waals surface area contributed by atoms with E-state index in [1.807, 2.05) is 36.5 Å². The van der Waals surface area contributed by atoms with Gasteiger partial charge in [-0.2, -0.15) is 4.91 Å². The molecule has 1 aromatic heterocycles. The van der Waals surface area contributed by atoms with Gasteiger partial charge >= 0.3 is 0 Å². The minimum Gasteiger partial charge on any atom is -0.346 e. The molecule has 2 heterocycles. The molecule has 182 valence electrons. The maximum Gasteiger partial charge on any atom is 0.281 e. The number of aryl methyl sites for hydroxylation is 1. The first-order valence-corrected chi connectivity index (χ1v) is 11.4. The molecule has 0 atom stereocenters. The van der Waals surface area contributed by atoms with Crippen LogP contribution in [-0.2, 0) is 32.1 Å². The molecule has 3 aromatic rings. The Morgan fingerprint density at radius 2 is 1.97 bits per heavy atom. The summed E-state index contributed by atoms with van der Waals surface area (Å²) in [5, 5.41) is 9.60. The number of hydrogen-bond donors (Lipinski definition) is 4. The molecule has 0 radical (unpaired) electrons. The summed E-state index contributed by atoms with van der Waals surface area (Å²) in [6.45, 7) is 7.13. The van der Waals surface area contributed by atoms with Crippen molar-refractivity contribution in [2.45, 2.75) is 45.8 Å². The second-order valence-electron chi connectivity index (χ2n) is 9.79. The smallest absolute Gasteiger partial charge is 0.281 e. The molecular formula is C26H30N6O3. The highest BCUT2D eigenvalue weighted by Crippen LogP contribution is 2.34. The largest absolute Gasteiger partial charge is 0.346 e. The Balaban J connectivity index is 1.80. The summed E-state index contributed by atoms with van der Waals surface area (Å²) >= 11 is 0. The van der Waals surface area contributed by atoms with Gasteiger partial charge in [0.25, 0.3) is 11.8 Å². The molecule has 2 aromatic carbocycles. The molecular weight excluding hydrogens is 444 g/mol. The van der Waals surface area contributed by atoms with Crippen LogP contribution in [0.5, 0.6) is 0 Å². The Kier molecular flexibility index (Phi) is 6.56. The first kappa shape index (κ1) is 24.3. The Morgan fingerprint density at radius 1 is 1.20 bits per heavy atom. The van der Waals surface area contributed by atoms with Crippen LogP contribution in [-0.4, -0.2) is 16.4 Å². The number of nitrogen functional groups attached to an aromatic ring is 1. The monoisotopic (exact) mass is 474 g/mol. The minimum atomic E-state index is -0.387. The number of benzene rings is 2. The fraction of sp³-hybridized carbons (Fsp3) is 0.308. The number of amides is 2. The molecule has 4 rings (SSSR count). The van der Waals surface area contributed by atoms with Gasteiger partial charge in [-0.1, -0.05) is 50.2 Å². The summed E-state index contributed by atoms with van der Waals surface area (Å²) < 4.78 is 1.71. The summed E-state index contributed by atoms with van der Waals surface area (Å²) in [5.41, 5.74) is 8.66. The molecule has 2 amide bonds. The lowest BCUT2D eigenvalue weighted by molar-refractivity contribution is 0.0944. The van der Waals surface area contributed by atoms with E-state index in [1.165, 1.54) is 0 Å². The SMILES string of the molecule is Cn1cc(-c2cccc3c2CNCc2cc(C(C)(C)C)cc(CN=O)c2C(=O)N3)cc1C(=O)NN. The summed E-state index contributed by atoms with van der Waals surface area (Å²) in [4.78, 5) is 36.8. The third kappa shape index (κ3) is 4.73. The van der Waals surface area contributed by atoms with Crippen LogP contribution in [0.3, 0.4) is 0 Å². The maximum absolute atomic E-state index is 13.5. The van der Waals surface area contributed by atoms with Crippen LogP contribution >= 0.6 is 0 Å². The van der Waals surface area contributed by atoms with Gasteiger partial charge in [-0.05, 0) is 45.4 Å². The Morgan fingerprint density at radius 3 is 2.66 bits per heavy atom. The predicted octanol–water partition coefficient (Wildman–Crippen LogP) is 3.72. The van der Waals surface area contributed by atoms with E-state index in [4.69, 9.17) is 5.84 Å². The predicted molar refractivity (Wildman–Crippen MR) is 136 cm³/mol. The molecule has 5 N–H and O–H groups in total. The molecule has 0 bridgehead atoms.